The van der Waals surface area contributed by atoms with Crippen LogP contribution >= 0.6 is 0 Å². The van der Waals surface area contributed by atoms with Gasteiger partial charge in [0.05, 0.1) is 11.4 Å². The van der Waals surface area contributed by atoms with Crippen molar-refractivity contribution in [3.8, 4) is 56.9 Å². The van der Waals surface area contributed by atoms with Gasteiger partial charge in [-0.3, -0.25) is 4.98 Å². The summed E-state index contributed by atoms with van der Waals surface area (Å²) in [4.78, 5) is 13.3. The molecule has 0 saturated heterocycles. The van der Waals surface area contributed by atoms with Gasteiger partial charge in [-0.2, -0.15) is 10.5 Å². The summed E-state index contributed by atoms with van der Waals surface area (Å²) in [7, 11) is 0. The van der Waals surface area contributed by atoms with Gasteiger partial charge in [0.1, 0.15) is 34.9 Å². The zero-order chi connectivity index (χ0) is 25.1. The van der Waals surface area contributed by atoms with Crippen molar-refractivity contribution in [3.63, 3.8) is 0 Å². The maximum atomic E-state index is 9.68. The summed E-state index contributed by atoms with van der Waals surface area (Å²) in [6.45, 7) is 0. The van der Waals surface area contributed by atoms with Crippen molar-refractivity contribution in [2.24, 2.45) is 0 Å². The summed E-state index contributed by atoms with van der Waals surface area (Å²) in [6.07, 6.45) is 3.36. The summed E-state index contributed by atoms with van der Waals surface area (Å²) in [6, 6.07) is 29.0. The van der Waals surface area contributed by atoms with E-state index in [1.54, 1.807) is 12.4 Å². The topological polar surface area (TPSA) is 138 Å². The van der Waals surface area contributed by atoms with E-state index in [9.17, 15) is 10.5 Å². The molecule has 5 aromatic rings. The van der Waals surface area contributed by atoms with Gasteiger partial charge in [-0.15, -0.1) is 0 Å². The fraction of sp³-hybridized carbons (Fsp3) is 0. The molecule has 0 radical (unpaired) electrons. The number of nitrogens with zero attached hydrogens (tertiary/aromatic N) is 5. The average molecular weight is 466 g/mol. The van der Waals surface area contributed by atoms with Gasteiger partial charge in [-0.05, 0) is 29.3 Å². The highest BCUT2D eigenvalue weighted by Gasteiger charge is 2.16. The fourth-order valence-corrected chi connectivity index (χ4v) is 4.07. The zero-order valence-electron chi connectivity index (χ0n) is 19.1. The van der Waals surface area contributed by atoms with E-state index < -0.39 is 0 Å². The van der Waals surface area contributed by atoms with Crippen LogP contribution in [0.5, 0.6) is 0 Å². The van der Waals surface area contributed by atoms with Crippen molar-refractivity contribution in [1.82, 2.24) is 15.0 Å². The molecule has 36 heavy (non-hydrogen) atoms. The molecule has 3 aromatic heterocycles. The molecular weight excluding hydrogens is 446 g/mol. The largest absolute Gasteiger partial charge is 0.383 e. The highest BCUT2D eigenvalue weighted by molar-refractivity contribution is 5.83. The number of pyridine rings is 3. The Morgan fingerprint density at radius 3 is 1.36 bits per heavy atom. The van der Waals surface area contributed by atoms with Crippen LogP contribution in [0.2, 0.25) is 0 Å². The Kier molecular flexibility index (Phi) is 5.80. The van der Waals surface area contributed by atoms with Crippen molar-refractivity contribution in [2.45, 2.75) is 0 Å². The molecule has 0 amide bonds. The van der Waals surface area contributed by atoms with E-state index in [4.69, 9.17) is 11.5 Å². The van der Waals surface area contributed by atoms with E-state index in [1.807, 2.05) is 78.9 Å². The van der Waals surface area contributed by atoms with Crippen molar-refractivity contribution < 1.29 is 0 Å². The van der Waals surface area contributed by atoms with Crippen LogP contribution in [0.15, 0.2) is 91.3 Å². The highest BCUT2D eigenvalue weighted by Crippen LogP contribution is 2.34. The number of hydrogen-bond donors (Lipinski definition) is 2. The van der Waals surface area contributed by atoms with E-state index >= 15 is 0 Å². The highest BCUT2D eigenvalue weighted by atomic mass is 14.9. The monoisotopic (exact) mass is 465 g/mol. The van der Waals surface area contributed by atoms with E-state index in [0.717, 1.165) is 11.1 Å². The van der Waals surface area contributed by atoms with Gasteiger partial charge in [0.15, 0.2) is 0 Å². The lowest BCUT2D eigenvalue weighted by Gasteiger charge is -2.12. The first kappa shape index (κ1) is 22.3. The second kappa shape index (κ2) is 9.38. The first-order valence-corrected chi connectivity index (χ1v) is 11.1. The van der Waals surface area contributed by atoms with E-state index in [0.29, 0.717) is 44.8 Å². The van der Waals surface area contributed by atoms with Crippen molar-refractivity contribution in [3.05, 3.63) is 102 Å². The molecule has 2 aromatic carbocycles. The lowest BCUT2D eigenvalue weighted by atomic mass is 9.97. The van der Waals surface area contributed by atoms with Crippen LogP contribution in [0.3, 0.4) is 0 Å². The first-order valence-electron chi connectivity index (χ1n) is 11.1. The smallest absolute Gasteiger partial charge is 0.142 e. The minimum atomic E-state index is 0.145. The van der Waals surface area contributed by atoms with Gasteiger partial charge in [0, 0.05) is 34.6 Å². The standard InChI is InChI=1S/C29H19N7/c30-14-24-22(18-7-3-1-4-8-18)12-26(35-28(24)32)20-11-21(17-34-16-20)27-13-23(19-9-5-2-6-10-19)25(15-31)29(33)36-27/h1-13,16-17H,(H2,32,35)(H2,33,36). The SMILES string of the molecule is N#Cc1c(-c2ccccc2)cc(-c2cncc(-c3cc(-c4ccccc4)c(C#N)c(N)n3)c2)nc1N. The minimum Gasteiger partial charge on any atom is -0.383 e. The third-order valence-corrected chi connectivity index (χ3v) is 5.82. The molecule has 0 atom stereocenters. The first-order chi connectivity index (χ1) is 17.6. The van der Waals surface area contributed by atoms with Gasteiger partial charge in [0.2, 0.25) is 0 Å². The molecule has 0 bridgehead atoms. The van der Waals surface area contributed by atoms with Gasteiger partial charge in [0.25, 0.3) is 0 Å². The van der Waals surface area contributed by atoms with Crippen LogP contribution in [0.4, 0.5) is 11.6 Å². The predicted molar refractivity (Wildman–Crippen MR) is 140 cm³/mol. The molecule has 5 rings (SSSR count). The Bertz CT molecular complexity index is 1540. The number of rotatable bonds is 4. The molecule has 0 aliphatic rings. The number of benzene rings is 2. The van der Waals surface area contributed by atoms with Crippen LogP contribution in [0.1, 0.15) is 11.1 Å². The van der Waals surface area contributed by atoms with E-state index in [2.05, 4.69) is 27.1 Å². The number of anilines is 2. The predicted octanol–water partition coefficient (Wildman–Crippen LogP) is 5.45. The number of hydrogen-bond acceptors (Lipinski definition) is 7. The molecule has 7 nitrogen and oxygen atoms in total. The molecule has 0 spiro atoms. The normalized spacial score (nSPS) is 10.4. The minimum absolute atomic E-state index is 0.145. The molecule has 0 fully saturated rings. The second-order valence-electron chi connectivity index (χ2n) is 8.05. The molecule has 0 aliphatic carbocycles. The van der Waals surface area contributed by atoms with Crippen molar-refractivity contribution >= 4 is 11.6 Å². The Hall–Kier alpha value is -5.53. The molecule has 0 saturated carbocycles. The second-order valence-corrected chi connectivity index (χ2v) is 8.05. The maximum absolute atomic E-state index is 9.68. The summed E-state index contributed by atoms with van der Waals surface area (Å²) >= 11 is 0. The van der Waals surface area contributed by atoms with Crippen LogP contribution in [0.25, 0.3) is 44.8 Å². The average Bonchev–Trinajstić information content (AvgIpc) is 2.93. The molecule has 170 valence electrons. The van der Waals surface area contributed by atoms with E-state index in [1.165, 1.54) is 0 Å². The molecule has 7 heteroatoms. The number of aromatic nitrogens is 3. The summed E-state index contributed by atoms with van der Waals surface area (Å²) < 4.78 is 0. The fourth-order valence-electron chi connectivity index (χ4n) is 4.07. The quantitative estimate of drug-likeness (QED) is 0.360. The van der Waals surface area contributed by atoms with Crippen LogP contribution in [-0.2, 0) is 0 Å². The van der Waals surface area contributed by atoms with Gasteiger partial charge in [-0.1, -0.05) is 60.7 Å². The van der Waals surface area contributed by atoms with E-state index in [-0.39, 0.29) is 11.6 Å². The zero-order valence-corrected chi connectivity index (χ0v) is 19.1. The van der Waals surface area contributed by atoms with Crippen LogP contribution < -0.4 is 11.5 Å². The van der Waals surface area contributed by atoms with Crippen molar-refractivity contribution in [2.75, 3.05) is 11.5 Å². The molecule has 4 N–H and O–H groups in total. The molecule has 0 unspecified atom stereocenters. The molecular formula is C29H19N7. The van der Waals surface area contributed by atoms with Gasteiger partial charge in [-0.25, -0.2) is 9.97 Å². The molecule has 3 heterocycles. The van der Waals surface area contributed by atoms with Crippen molar-refractivity contribution in [1.29, 1.82) is 10.5 Å². The third-order valence-electron chi connectivity index (χ3n) is 5.82. The third kappa shape index (κ3) is 4.09. The number of nitriles is 2. The van der Waals surface area contributed by atoms with Gasteiger partial charge < -0.3 is 11.5 Å². The molecule has 0 aliphatic heterocycles. The Morgan fingerprint density at radius 2 is 0.972 bits per heavy atom. The number of nitrogen functional groups attached to an aromatic ring is 2. The Morgan fingerprint density at radius 1 is 0.556 bits per heavy atom. The Labute approximate surface area is 208 Å². The number of nitrogens with two attached hydrogens (primary N) is 2. The lowest BCUT2D eigenvalue weighted by molar-refractivity contribution is 1.25. The Balaban J connectivity index is 1.64. The van der Waals surface area contributed by atoms with Gasteiger partial charge >= 0.3 is 0 Å². The van der Waals surface area contributed by atoms with Crippen LogP contribution in [-0.4, -0.2) is 15.0 Å². The lowest BCUT2D eigenvalue weighted by Crippen LogP contribution is -2.01. The summed E-state index contributed by atoms with van der Waals surface area (Å²) in [5.74, 6) is 0.290. The maximum Gasteiger partial charge on any atom is 0.142 e. The van der Waals surface area contributed by atoms with Crippen LogP contribution in [0, 0.1) is 22.7 Å². The summed E-state index contributed by atoms with van der Waals surface area (Å²) in [5.41, 5.74) is 18.7. The summed E-state index contributed by atoms with van der Waals surface area (Å²) in [5, 5.41) is 19.4.